The maximum Gasteiger partial charge on any atom is 0.255 e. The predicted molar refractivity (Wildman–Crippen MR) is 87.7 cm³/mol. The van der Waals surface area contributed by atoms with E-state index in [0.717, 1.165) is 32.7 Å². The van der Waals surface area contributed by atoms with E-state index in [0.29, 0.717) is 5.56 Å². The summed E-state index contributed by atoms with van der Waals surface area (Å²) < 4.78 is 0. The van der Waals surface area contributed by atoms with Gasteiger partial charge in [-0.2, -0.15) is 0 Å². The second kappa shape index (κ2) is 7.54. The Labute approximate surface area is 132 Å². The molecule has 0 saturated carbocycles. The summed E-state index contributed by atoms with van der Waals surface area (Å²) >= 11 is 0. The quantitative estimate of drug-likeness (QED) is 0.802. The van der Waals surface area contributed by atoms with Crippen LogP contribution in [0.15, 0.2) is 36.2 Å². The molecule has 0 aromatic carbocycles. The van der Waals surface area contributed by atoms with E-state index >= 15 is 0 Å². The van der Waals surface area contributed by atoms with Gasteiger partial charge in [-0.25, -0.2) is 0 Å². The van der Waals surface area contributed by atoms with Crippen molar-refractivity contribution in [1.29, 1.82) is 0 Å². The van der Waals surface area contributed by atoms with Gasteiger partial charge in [-0.05, 0) is 44.2 Å². The highest BCUT2D eigenvalue weighted by atomic mass is 16.2. The highest BCUT2D eigenvalue weighted by Crippen LogP contribution is 2.20. The van der Waals surface area contributed by atoms with Gasteiger partial charge in [-0.1, -0.05) is 11.6 Å². The Bertz CT molecular complexity index is 518. The van der Waals surface area contributed by atoms with Gasteiger partial charge in [0, 0.05) is 45.1 Å². The zero-order chi connectivity index (χ0) is 15.2. The van der Waals surface area contributed by atoms with Gasteiger partial charge in [0.2, 0.25) is 0 Å². The Morgan fingerprint density at radius 2 is 2.05 bits per heavy atom. The predicted octanol–water partition coefficient (Wildman–Crippen LogP) is 2.73. The summed E-state index contributed by atoms with van der Waals surface area (Å²) in [4.78, 5) is 20.8. The number of allylic oxidation sites excluding steroid dienone is 1. The average Bonchev–Trinajstić information content (AvgIpc) is 2.61. The molecule has 1 saturated heterocycles. The van der Waals surface area contributed by atoms with Crippen molar-refractivity contribution in [2.24, 2.45) is 0 Å². The topological polar surface area (TPSA) is 36.4 Å². The van der Waals surface area contributed by atoms with Gasteiger partial charge >= 0.3 is 0 Å². The monoisotopic (exact) mass is 299 g/mol. The number of hydrogen-bond acceptors (Lipinski definition) is 3. The third-order valence-electron chi connectivity index (χ3n) is 4.70. The summed E-state index contributed by atoms with van der Waals surface area (Å²) in [6.07, 6.45) is 12.3. The minimum atomic E-state index is 0.114. The van der Waals surface area contributed by atoms with Crippen LogP contribution in [0, 0.1) is 0 Å². The van der Waals surface area contributed by atoms with Crippen LogP contribution < -0.4 is 0 Å². The standard InChI is InChI=1S/C18H25N3O/c22-18(17-7-4-9-19-15-17)21-13-11-20(12-14-21)10-8-16-5-2-1-3-6-16/h4-5,7,9,15H,1-3,6,8,10-14H2. The second-order valence-electron chi connectivity index (χ2n) is 6.23. The zero-order valence-electron chi connectivity index (χ0n) is 13.2. The number of carbonyl (C=O) groups is 1. The number of amides is 1. The number of hydrogen-bond donors (Lipinski definition) is 0. The third-order valence-corrected chi connectivity index (χ3v) is 4.70. The molecule has 1 amide bonds. The molecule has 0 radical (unpaired) electrons. The van der Waals surface area contributed by atoms with Gasteiger partial charge in [0.1, 0.15) is 0 Å². The number of nitrogens with zero attached hydrogens (tertiary/aromatic N) is 3. The van der Waals surface area contributed by atoms with E-state index in [9.17, 15) is 4.79 Å². The fourth-order valence-electron chi connectivity index (χ4n) is 3.28. The maximum atomic E-state index is 12.4. The van der Waals surface area contributed by atoms with Crippen LogP contribution >= 0.6 is 0 Å². The van der Waals surface area contributed by atoms with Gasteiger partial charge < -0.3 is 4.90 Å². The van der Waals surface area contributed by atoms with Gasteiger partial charge in [0.15, 0.2) is 0 Å². The summed E-state index contributed by atoms with van der Waals surface area (Å²) in [5, 5.41) is 0. The van der Waals surface area contributed by atoms with Crippen molar-refractivity contribution in [3.63, 3.8) is 0 Å². The van der Waals surface area contributed by atoms with Crippen molar-refractivity contribution in [2.45, 2.75) is 32.1 Å². The van der Waals surface area contributed by atoms with Crippen LogP contribution in [0.1, 0.15) is 42.5 Å². The van der Waals surface area contributed by atoms with Crippen LogP contribution in [0.4, 0.5) is 0 Å². The van der Waals surface area contributed by atoms with E-state index in [1.54, 1.807) is 18.0 Å². The molecule has 0 atom stereocenters. The molecule has 118 valence electrons. The van der Waals surface area contributed by atoms with Crippen molar-refractivity contribution in [3.05, 3.63) is 41.7 Å². The number of rotatable bonds is 4. The minimum Gasteiger partial charge on any atom is -0.336 e. The van der Waals surface area contributed by atoms with Crippen LogP contribution in [0.5, 0.6) is 0 Å². The molecular formula is C18H25N3O. The van der Waals surface area contributed by atoms with Crippen LogP contribution in [0.3, 0.4) is 0 Å². The van der Waals surface area contributed by atoms with Gasteiger partial charge in [0.05, 0.1) is 5.56 Å². The van der Waals surface area contributed by atoms with Crippen LogP contribution in [0.2, 0.25) is 0 Å². The first-order valence-corrected chi connectivity index (χ1v) is 8.42. The Balaban J connectivity index is 1.44. The van der Waals surface area contributed by atoms with Crippen LogP contribution in [-0.4, -0.2) is 53.4 Å². The van der Waals surface area contributed by atoms with E-state index in [-0.39, 0.29) is 5.91 Å². The number of piperazine rings is 1. The van der Waals surface area contributed by atoms with E-state index in [1.165, 1.54) is 32.1 Å². The lowest BCUT2D eigenvalue weighted by Crippen LogP contribution is -2.48. The van der Waals surface area contributed by atoms with Crippen molar-refractivity contribution >= 4 is 5.91 Å². The molecule has 1 aliphatic carbocycles. The summed E-state index contributed by atoms with van der Waals surface area (Å²) in [6.45, 7) is 4.76. The zero-order valence-corrected chi connectivity index (χ0v) is 13.2. The van der Waals surface area contributed by atoms with Crippen molar-refractivity contribution < 1.29 is 4.79 Å². The van der Waals surface area contributed by atoms with Gasteiger partial charge in [-0.15, -0.1) is 0 Å². The first kappa shape index (κ1) is 15.2. The van der Waals surface area contributed by atoms with E-state index in [1.807, 2.05) is 17.0 Å². The highest BCUT2D eigenvalue weighted by molar-refractivity contribution is 5.93. The van der Waals surface area contributed by atoms with E-state index in [2.05, 4.69) is 16.0 Å². The molecular weight excluding hydrogens is 274 g/mol. The number of pyridine rings is 1. The molecule has 22 heavy (non-hydrogen) atoms. The molecule has 2 aliphatic rings. The SMILES string of the molecule is O=C(c1cccnc1)N1CCN(CCC2=CCCCC2)CC1. The van der Waals surface area contributed by atoms with Crippen molar-refractivity contribution in [2.75, 3.05) is 32.7 Å². The number of aromatic nitrogens is 1. The lowest BCUT2D eigenvalue weighted by Gasteiger charge is -2.35. The molecule has 2 heterocycles. The molecule has 1 aliphatic heterocycles. The summed E-state index contributed by atoms with van der Waals surface area (Å²) in [7, 11) is 0. The van der Waals surface area contributed by atoms with Crippen molar-refractivity contribution in [1.82, 2.24) is 14.8 Å². The molecule has 0 spiro atoms. The molecule has 0 bridgehead atoms. The van der Waals surface area contributed by atoms with E-state index in [4.69, 9.17) is 0 Å². The fraction of sp³-hybridized carbons (Fsp3) is 0.556. The summed E-state index contributed by atoms with van der Waals surface area (Å²) in [6, 6.07) is 3.67. The smallest absolute Gasteiger partial charge is 0.255 e. The number of carbonyl (C=O) groups excluding carboxylic acids is 1. The van der Waals surface area contributed by atoms with Crippen molar-refractivity contribution in [3.8, 4) is 0 Å². The first-order valence-electron chi connectivity index (χ1n) is 8.42. The lowest BCUT2D eigenvalue weighted by atomic mass is 9.97. The molecule has 1 aromatic rings. The Hall–Kier alpha value is -1.68. The van der Waals surface area contributed by atoms with Crippen LogP contribution in [0.25, 0.3) is 0 Å². The van der Waals surface area contributed by atoms with Gasteiger partial charge in [-0.3, -0.25) is 14.7 Å². The van der Waals surface area contributed by atoms with E-state index < -0.39 is 0 Å². The Morgan fingerprint density at radius 3 is 2.73 bits per heavy atom. The molecule has 0 unspecified atom stereocenters. The Kier molecular flexibility index (Phi) is 5.22. The fourth-order valence-corrected chi connectivity index (χ4v) is 3.28. The highest BCUT2D eigenvalue weighted by Gasteiger charge is 2.22. The molecule has 1 aromatic heterocycles. The molecule has 1 fully saturated rings. The van der Waals surface area contributed by atoms with Crippen LogP contribution in [-0.2, 0) is 0 Å². The van der Waals surface area contributed by atoms with Gasteiger partial charge in [0.25, 0.3) is 5.91 Å². The molecule has 0 N–H and O–H groups in total. The molecule has 4 nitrogen and oxygen atoms in total. The maximum absolute atomic E-state index is 12.4. The normalized spacial score (nSPS) is 19.8. The lowest BCUT2D eigenvalue weighted by molar-refractivity contribution is 0.0638. The molecule has 3 rings (SSSR count). The largest absolute Gasteiger partial charge is 0.336 e. The summed E-state index contributed by atoms with van der Waals surface area (Å²) in [5.41, 5.74) is 2.34. The Morgan fingerprint density at radius 1 is 1.18 bits per heavy atom. The molecule has 4 heteroatoms. The first-order chi connectivity index (χ1) is 10.8. The minimum absolute atomic E-state index is 0.114. The second-order valence-corrected chi connectivity index (χ2v) is 6.23. The summed E-state index contributed by atoms with van der Waals surface area (Å²) in [5.74, 6) is 0.114. The average molecular weight is 299 g/mol. The third kappa shape index (κ3) is 3.95.